The maximum Gasteiger partial charge on any atom is 0.255 e. The summed E-state index contributed by atoms with van der Waals surface area (Å²) < 4.78 is 67.2. The Labute approximate surface area is 210 Å². The first-order chi connectivity index (χ1) is 16.8. The van der Waals surface area contributed by atoms with Gasteiger partial charge in [-0.1, -0.05) is 11.6 Å². The molecule has 4 rings (SSSR count). The van der Waals surface area contributed by atoms with Gasteiger partial charge in [-0.15, -0.1) is 0 Å². The minimum absolute atomic E-state index is 0.0278. The summed E-state index contributed by atoms with van der Waals surface area (Å²) in [4.78, 5) is 12.3. The maximum atomic E-state index is 13.6. The van der Waals surface area contributed by atoms with Gasteiger partial charge in [-0.05, 0) is 62.6 Å². The molecule has 4 N–H and O–H groups in total. The molecular weight excluding hydrogens is 523 g/mol. The molecule has 6 atom stereocenters. The highest BCUT2D eigenvalue weighted by Gasteiger charge is 2.59. The highest BCUT2D eigenvalue weighted by molar-refractivity contribution is 7.92. The number of sulfone groups is 1. The van der Waals surface area contributed by atoms with Crippen molar-refractivity contribution >= 4 is 33.0 Å². The predicted octanol–water partition coefficient (Wildman–Crippen LogP) is 3.44. The zero-order valence-electron chi connectivity index (χ0n) is 19.1. The van der Waals surface area contributed by atoms with Crippen molar-refractivity contribution in [2.75, 3.05) is 5.32 Å². The normalized spacial score (nSPS) is 27.5. The second kappa shape index (κ2) is 9.60. The van der Waals surface area contributed by atoms with Crippen LogP contribution in [0.2, 0.25) is 5.02 Å². The predicted molar refractivity (Wildman–Crippen MR) is 125 cm³/mol. The molecule has 3 unspecified atom stereocenters. The number of nitrogens with one attached hydrogen (secondary N) is 1. The zero-order chi connectivity index (χ0) is 26.6. The van der Waals surface area contributed by atoms with E-state index in [9.17, 15) is 41.7 Å². The van der Waals surface area contributed by atoms with Crippen LogP contribution in [0, 0.1) is 29.3 Å². The largest absolute Gasteiger partial charge is 0.391 e. The molecule has 7 nitrogen and oxygen atoms in total. The number of aliphatic hydroxyl groups excluding tert-OH is 2. The van der Waals surface area contributed by atoms with Gasteiger partial charge < -0.3 is 20.6 Å². The second-order valence-corrected chi connectivity index (χ2v) is 12.1. The van der Waals surface area contributed by atoms with Crippen LogP contribution in [-0.4, -0.2) is 52.7 Å². The Balaban J connectivity index is 1.59. The molecule has 2 saturated carbocycles. The van der Waals surface area contributed by atoms with E-state index in [1.165, 1.54) is 19.1 Å². The highest BCUT2D eigenvalue weighted by atomic mass is 35.5. The standard InChI is InChI=1S/C24H25ClF3NO6S/c1-11(30)22(31)24(33)13-3-4-14(24)8-16(7-13)36(34,35)20-6-12(2-5-17(20)25)23(32)29-15-9-18(26)21(28)19(27)10-15/h2,5-6,9-11,13-14,16,22,30-31,33H,3-4,7-8H2,1H3,(H,29,32)/t11-,13-,14?,16?,22-,24?/m0/s1. The Morgan fingerprint density at radius 1 is 1.08 bits per heavy atom. The number of fused-ring (bicyclic) bond motifs is 2. The zero-order valence-corrected chi connectivity index (χ0v) is 20.7. The molecule has 2 fully saturated rings. The van der Waals surface area contributed by atoms with E-state index in [-0.39, 0.29) is 34.0 Å². The van der Waals surface area contributed by atoms with Crippen molar-refractivity contribution in [1.82, 2.24) is 0 Å². The molecule has 0 saturated heterocycles. The first kappa shape index (κ1) is 26.9. The number of hydrogen-bond acceptors (Lipinski definition) is 6. The molecule has 2 aliphatic carbocycles. The average molecular weight is 548 g/mol. The summed E-state index contributed by atoms with van der Waals surface area (Å²) in [7, 11) is -4.10. The van der Waals surface area contributed by atoms with Crippen LogP contribution in [-0.2, 0) is 9.84 Å². The number of carbonyl (C=O) groups excluding carboxylic acids is 1. The van der Waals surface area contributed by atoms with Crippen LogP contribution in [0.15, 0.2) is 35.2 Å². The van der Waals surface area contributed by atoms with E-state index in [1.807, 2.05) is 0 Å². The minimum Gasteiger partial charge on any atom is -0.391 e. The van der Waals surface area contributed by atoms with E-state index in [2.05, 4.69) is 5.32 Å². The Kier molecular flexibility index (Phi) is 7.17. The molecule has 12 heteroatoms. The van der Waals surface area contributed by atoms with Crippen molar-refractivity contribution in [3.8, 4) is 0 Å². The number of benzene rings is 2. The number of amides is 1. The lowest BCUT2D eigenvalue weighted by Gasteiger charge is -2.46. The summed E-state index contributed by atoms with van der Waals surface area (Å²) in [6.45, 7) is 1.36. The van der Waals surface area contributed by atoms with Crippen molar-refractivity contribution in [2.45, 2.75) is 60.6 Å². The van der Waals surface area contributed by atoms with E-state index in [4.69, 9.17) is 11.6 Å². The summed E-state index contributed by atoms with van der Waals surface area (Å²) in [6.07, 6.45) is -1.59. The van der Waals surface area contributed by atoms with Gasteiger partial charge in [-0.25, -0.2) is 21.6 Å². The van der Waals surface area contributed by atoms with E-state index in [0.717, 1.165) is 6.07 Å². The Morgan fingerprint density at radius 2 is 1.64 bits per heavy atom. The van der Waals surface area contributed by atoms with E-state index >= 15 is 0 Å². The molecule has 36 heavy (non-hydrogen) atoms. The van der Waals surface area contributed by atoms with Crippen molar-refractivity contribution in [3.05, 3.63) is 58.4 Å². The van der Waals surface area contributed by atoms with Gasteiger partial charge in [0.2, 0.25) is 0 Å². The monoisotopic (exact) mass is 547 g/mol. The van der Waals surface area contributed by atoms with E-state index < -0.39 is 68.1 Å². The summed E-state index contributed by atoms with van der Waals surface area (Å²) in [5.41, 5.74) is -2.13. The first-order valence-electron chi connectivity index (χ1n) is 11.3. The van der Waals surface area contributed by atoms with Gasteiger partial charge >= 0.3 is 0 Å². The fraction of sp³-hybridized carbons (Fsp3) is 0.458. The van der Waals surface area contributed by atoms with Crippen molar-refractivity contribution in [3.63, 3.8) is 0 Å². The van der Waals surface area contributed by atoms with Gasteiger partial charge in [0.1, 0.15) is 6.10 Å². The fourth-order valence-electron chi connectivity index (χ4n) is 5.54. The molecule has 0 radical (unpaired) electrons. The Morgan fingerprint density at radius 3 is 2.17 bits per heavy atom. The third kappa shape index (κ3) is 4.51. The molecule has 1 amide bonds. The van der Waals surface area contributed by atoms with Crippen molar-refractivity contribution < 1.29 is 41.7 Å². The number of halogens is 4. The Hall–Kier alpha value is -2.18. The smallest absolute Gasteiger partial charge is 0.255 e. The summed E-state index contributed by atoms with van der Waals surface area (Å²) in [6, 6.07) is 4.67. The number of rotatable bonds is 6. The van der Waals surface area contributed by atoms with Crippen molar-refractivity contribution in [2.24, 2.45) is 11.8 Å². The number of anilines is 1. The van der Waals surface area contributed by atoms with E-state index in [0.29, 0.717) is 25.0 Å². The van der Waals surface area contributed by atoms with E-state index in [1.54, 1.807) is 0 Å². The number of hydrogen-bond donors (Lipinski definition) is 4. The minimum atomic E-state index is -4.10. The van der Waals surface area contributed by atoms with Gasteiger partial charge in [-0.2, -0.15) is 0 Å². The SMILES string of the molecule is C[C@H](O)[C@H](O)C1(O)C2CC[C@H]1CC(S(=O)(=O)c1cc(C(=O)Nc3cc(F)c(F)c(F)c3)ccc1Cl)C2. The lowest BCUT2D eigenvalue weighted by atomic mass is 9.70. The van der Waals surface area contributed by atoms with Crippen LogP contribution < -0.4 is 5.32 Å². The van der Waals surface area contributed by atoms with Crippen LogP contribution in [0.3, 0.4) is 0 Å². The second-order valence-electron chi connectivity index (χ2n) is 9.54. The Bertz CT molecular complexity index is 1270. The molecule has 0 heterocycles. The average Bonchev–Trinajstić information content (AvgIpc) is 2.98. The molecule has 2 bridgehead atoms. The van der Waals surface area contributed by atoms with Crippen LogP contribution in [0.4, 0.5) is 18.9 Å². The van der Waals surface area contributed by atoms with Gasteiger partial charge in [0, 0.05) is 23.4 Å². The van der Waals surface area contributed by atoms with Gasteiger partial charge in [-0.3, -0.25) is 4.79 Å². The van der Waals surface area contributed by atoms with Crippen LogP contribution in [0.1, 0.15) is 43.0 Å². The van der Waals surface area contributed by atoms with Gasteiger partial charge in [0.05, 0.1) is 26.9 Å². The summed E-state index contributed by atoms with van der Waals surface area (Å²) in [5, 5.41) is 32.5. The van der Waals surface area contributed by atoms with Crippen LogP contribution in [0.5, 0.6) is 0 Å². The third-order valence-corrected chi connectivity index (χ3v) is 10.0. The lowest BCUT2D eigenvalue weighted by Crippen LogP contribution is -2.58. The fourth-order valence-corrected chi connectivity index (χ4v) is 7.94. The summed E-state index contributed by atoms with van der Waals surface area (Å²) in [5.74, 6) is -6.72. The molecule has 2 aliphatic rings. The topological polar surface area (TPSA) is 124 Å². The third-order valence-electron chi connectivity index (χ3n) is 7.38. The summed E-state index contributed by atoms with van der Waals surface area (Å²) >= 11 is 6.19. The number of aliphatic hydroxyl groups is 3. The molecule has 2 aromatic rings. The van der Waals surface area contributed by atoms with Gasteiger partial charge in [0.25, 0.3) is 5.91 Å². The molecule has 0 aliphatic heterocycles. The maximum absolute atomic E-state index is 13.6. The van der Waals surface area contributed by atoms with Crippen LogP contribution >= 0.6 is 11.6 Å². The number of carbonyl (C=O) groups is 1. The van der Waals surface area contributed by atoms with Gasteiger partial charge in [0.15, 0.2) is 27.3 Å². The quantitative estimate of drug-likeness (QED) is 0.411. The highest BCUT2D eigenvalue weighted by Crippen LogP contribution is 2.54. The molecule has 0 spiro atoms. The van der Waals surface area contributed by atoms with Crippen molar-refractivity contribution in [1.29, 1.82) is 0 Å². The molecule has 0 aromatic heterocycles. The molecular formula is C24H25ClF3NO6S. The first-order valence-corrected chi connectivity index (χ1v) is 13.3. The molecule has 2 aromatic carbocycles. The molecule has 196 valence electrons. The van der Waals surface area contributed by atoms with Crippen LogP contribution in [0.25, 0.3) is 0 Å². The lowest BCUT2D eigenvalue weighted by molar-refractivity contribution is -0.172.